The summed E-state index contributed by atoms with van der Waals surface area (Å²) in [5.74, 6) is 2.48. The maximum atomic E-state index is 10.8. The van der Waals surface area contributed by atoms with Gasteiger partial charge in [0.15, 0.2) is 0 Å². The van der Waals surface area contributed by atoms with Crippen LogP contribution in [-0.2, 0) is 17.6 Å². The molecule has 0 bridgehead atoms. The molecule has 4 aromatic carbocycles. The van der Waals surface area contributed by atoms with E-state index in [-0.39, 0.29) is 38.0 Å². The first-order valence-electron chi connectivity index (χ1n) is 21.9. The molecule has 15 heteroatoms. The number of nitriles is 2. The Morgan fingerprint density at radius 2 is 1.39 bits per heavy atom. The number of benzene rings is 4. The van der Waals surface area contributed by atoms with Crippen molar-refractivity contribution in [1.82, 2.24) is 30.5 Å². The second-order valence-corrected chi connectivity index (χ2v) is 16.4. The van der Waals surface area contributed by atoms with Crippen LogP contribution < -0.4 is 14.8 Å². The predicted octanol–water partition coefficient (Wildman–Crippen LogP) is 7.37. The summed E-state index contributed by atoms with van der Waals surface area (Å²) in [5.41, 5.74) is 8.41. The number of nitrogens with one attached hydrogen (secondary N) is 1. The van der Waals surface area contributed by atoms with Crippen LogP contribution in [0.1, 0.15) is 86.0 Å². The average molecular weight is 865 g/mol. The zero-order valence-electron chi connectivity index (χ0n) is 36.5. The van der Waals surface area contributed by atoms with E-state index in [1.54, 1.807) is 36.4 Å². The molecule has 0 amide bonds. The Labute approximate surface area is 372 Å². The number of ether oxygens (including phenoxy) is 3. The Bertz CT molecular complexity index is 2660. The van der Waals surface area contributed by atoms with Crippen LogP contribution in [0, 0.1) is 22.7 Å². The molecule has 3 N–H and O–H groups in total. The molecule has 330 valence electrons. The first kappa shape index (κ1) is 44.2. The van der Waals surface area contributed by atoms with E-state index in [0.29, 0.717) is 70.3 Å². The van der Waals surface area contributed by atoms with E-state index >= 15 is 0 Å². The van der Waals surface area contributed by atoms with Crippen LogP contribution in [0.2, 0.25) is 0 Å². The zero-order chi connectivity index (χ0) is 44.7. The molecule has 2 heterocycles. The SMILES string of the molecule is CCN(CCO)[C@@H]1CCc2c(-c3noc(-c4ccc(OC(C)COC[C@H](O)CNC5CCc6c(-c7noc(-c8ccc(OC(C)C)c(C#N)c8)n7)cccc65)c(C#N)c4)n3)cccc21. The van der Waals surface area contributed by atoms with Crippen LogP contribution in [0.4, 0.5) is 0 Å². The van der Waals surface area contributed by atoms with E-state index in [0.717, 1.165) is 54.5 Å². The van der Waals surface area contributed by atoms with Crippen molar-refractivity contribution in [2.45, 2.75) is 83.8 Å². The van der Waals surface area contributed by atoms with Crippen molar-refractivity contribution in [3.05, 3.63) is 106 Å². The molecule has 2 aliphatic carbocycles. The molecule has 2 unspecified atom stereocenters. The molecular weight excluding hydrogens is 813 g/mol. The summed E-state index contributed by atoms with van der Waals surface area (Å²) in [6, 6.07) is 27.3. The number of likely N-dealkylation sites (N-methyl/N-ethyl adjacent to an activating group) is 1. The fourth-order valence-electron chi connectivity index (χ4n) is 8.78. The zero-order valence-corrected chi connectivity index (χ0v) is 36.5. The van der Waals surface area contributed by atoms with Gasteiger partial charge in [-0.2, -0.15) is 20.5 Å². The summed E-state index contributed by atoms with van der Waals surface area (Å²) in [6.45, 7) is 9.98. The number of rotatable bonds is 19. The Morgan fingerprint density at radius 3 is 1.98 bits per heavy atom. The lowest BCUT2D eigenvalue weighted by Gasteiger charge is -2.27. The minimum Gasteiger partial charge on any atom is -0.490 e. The first-order valence-corrected chi connectivity index (χ1v) is 21.9. The topological polar surface area (TPSA) is 209 Å². The molecule has 0 saturated heterocycles. The number of hydrogen-bond acceptors (Lipinski definition) is 15. The second kappa shape index (κ2) is 19.9. The van der Waals surface area contributed by atoms with Crippen molar-refractivity contribution >= 4 is 0 Å². The number of aromatic nitrogens is 4. The summed E-state index contributed by atoms with van der Waals surface area (Å²) in [5, 5.41) is 52.2. The number of aliphatic hydroxyl groups excluding tert-OH is 2. The van der Waals surface area contributed by atoms with Gasteiger partial charge in [0, 0.05) is 47.4 Å². The van der Waals surface area contributed by atoms with Gasteiger partial charge in [0.1, 0.15) is 29.7 Å². The van der Waals surface area contributed by atoms with Crippen LogP contribution in [0.15, 0.2) is 81.8 Å². The van der Waals surface area contributed by atoms with Gasteiger partial charge in [-0.15, -0.1) is 0 Å². The number of aliphatic hydroxyl groups is 2. The lowest BCUT2D eigenvalue weighted by Crippen LogP contribution is -2.33. The van der Waals surface area contributed by atoms with Crippen molar-refractivity contribution < 1.29 is 33.5 Å². The van der Waals surface area contributed by atoms with Gasteiger partial charge in [-0.1, -0.05) is 53.6 Å². The van der Waals surface area contributed by atoms with Crippen molar-refractivity contribution in [3.63, 3.8) is 0 Å². The fourth-order valence-corrected chi connectivity index (χ4v) is 8.78. The minimum atomic E-state index is -0.765. The highest BCUT2D eigenvalue weighted by atomic mass is 16.5. The maximum Gasteiger partial charge on any atom is 0.258 e. The molecule has 0 saturated carbocycles. The van der Waals surface area contributed by atoms with Crippen LogP contribution in [0.5, 0.6) is 11.5 Å². The summed E-state index contributed by atoms with van der Waals surface area (Å²) in [6.07, 6.45) is 2.25. The monoisotopic (exact) mass is 864 g/mol. The Kier molecular flexibility index (Phi) is 13.8. The van der Waals surface area contributed by atoms with Gasteiger partial charge < -0.3 is 38.8 Å². The molecule has 64 heavy (non-hydrogen) atoms. The molecule has 4 atom stereocenters. The number of hydrogen-bond donors (Lipinski definition) is 3. The molecule has 6 aromatic rings. The largest absolute Gasteiger partial charge is 0.490 e. The van der Waals surface area contributed by atoms with Gasteiger partial charge in [0.05, 0.1) is 43.2 Å². The summed E-state index contributed by atoms with van der Waals surface area (Å²) < 4.78 is 29.0. The van der Waals surface area contributed by atoms with Gasteiger partial charge in [-0.3, -0.25) is 4.90 Å². The van der Waals surface area contributed by atoms with E-state index in [4.69, 9.17) is 28.2 Å². The Hall–Kier alpha value is -6.46. The van der Waals surface area contributed by atoms with Crippen LogP contribution >= 0.6 is 0 Å². The smallest absolute Gasteiger partial charge is 0.258 e. The molecule has 0 fully saturated rings. The highest BCUT2D eigenvalue weighted by Crippen LogP contribution is 2.41. The molecule has 0 radical (unpaired) electrons. The van der Waals surface area contributed by atoms with Gasteiger partial charge in [0.2, 0.25) is 11.6 Å². The van der Waals surface area contributed by atoms with Crippen molar-refractivity contribution in [2.75, 3.05) is 39.5 Å². The second-order valence-electron chi connectivity index (χ2n) is 16.4. The van der Waals surface area contributed by atoms with E-state index in [9.17, 15) is 20.7 Å². The number of fused-ring (bicyclic) bond motifs is 2. The quantitative estimate of drug-likeness (QED) is 0.0726. The van der Waals surface area contributed by atoms with Gasteiger partial charge >= 0.3 is 0 Å². The third kappa shape index (κ3) is 9.55. The molecule has 0 aliphatic heterocycles. The average Bonchev–Trinajstić information content (AvgIpc) is 4.15. The van der Waals surface area contributed by atoms with Crippen molar-refractivity contribution in [2.24, 2.45) is 0 Å². The summed E-state index contributed by atoms with van der Waals surface area (Å²) in [7, 11) is 0. The molecule has 2 aromatic heterocycles. The highest BCUT2D eigenvalue weighted by molar-refractivity contribution is 5.68. The summed E-state index contributed by atoms with van der Waals surface area (Å²) >= 11 is 0. The lowest BCUT2D eigenvalue weighted by molar-refractivity contribution is 0.00421. The molecular formula is C49H52N8O7. The third-order valence-corrected chi connectivity index (χ3v) is 11.7. The van der Waals surface area contributed by atoms with E-state index < -0.39 is 12.2 Å². The van der Waals surface area contributed by atoms with Gasteiger partial charge in [-0.05, 0) is 112 Å². The minimum absolute atomic E-state index is 0.0257. The normalized spacial score (nSPS) is 16.3. The van der Waals surface area contributed by atoms with E-state index in [1.165, 1.54) is 11.1 Å². The summed E-state index contributed by atoms with van der Waals surface area (Å²) in [4.78, 5) is 11.7. The Balaban J connectivity index is 0.824. The lowest BCUT2D eigenvalue weighted by atomic mass is 10.0. The van der Waals surface area contributed by atoms with E-state index in [2.05, 4.69) is 56.7 Å². The maximum absolute atomic E-state index is 10.8. The van der Waals surface area contributed by atoms with E-state index in [1.807, 2.05) is 45.0 Å². The highest BCUT2D eigenvalue weighted by Gasteiger charge is 2.31. The van der Waals surface area contributed by atoms with Crippen molar-refractivity contribution in [1.29, 1.82) is 10.5 Å². The Morgan fingerprint density at radius 1 is 0.797 bits per heavy atom. The number of nitrogens with zero attached hydrogens (tertiary/aromatic N) is 7. The predicted molar refractivity (Wildman–Crippen MR) is 237 cm³/mol. The van der Waals surface area contributed by atoms with Crippen LogP contribution in [0.25, 0.3) is 45.7 Å². The molecule has 2 aliphatic rings. The molecule has 15 nitrogen and oxygen atoms in total. The fraction of sp³-hybridized carbons (Fsp3) is 0.388. The third-order valence-electron chi connectivity index (χ3n) is 11.7. The first-order chi connectivity index (χ1) is 31.2. The molecule has 8 rings (SSSR count). The van der Waals surface area contributed by atoms with Gasteiger partial charge in [0.25, 0.3) is 11.8 Å². The standard InChI is InChI=1S/C49H52N8O7/c1-5-57(20-21-58)43-17-15-37-39(43)9-7-11-41(37)47-54-49(64-56-47)32-13-19-45(34(23-32)25-51)62-30(4)27-60-28-35(59)26-52-42-16-14-36-38(42)8-6-10-40(36)46-53-48(63-55-46)31-12-18-44(61-29(2)3)33(22-31)24-50/h6-13,18-19,22-23,29-30,35,42-43,52,58-59H,5,14-17,20-21,26-28H2,1-4H3/t30?,35-,42?,43-/m1/s1. The van der Waals surface area contributed by atoms with Gasteiger partial charge in [-0.25, -0.2) is 0 Å². The molecule has 0 spiro atoms. The van der Waals surface area contributed by atoms with Crippen molar-refractivity contribution in [3.8, 4) is 69.3 Å². The van der Waals surface area contributed by atoms with Crippen LogP contribution in [-0.4, -0.2) is 93.2 Å². The van der Waals surface area contributed by atoms with Crippen LogP contribution in [0.3, 0.4) is 0 Å².